The fraction of sp³-hybridized carbons (Fsp3) is 0.474. The van der Waals surface area contributed by atoms with Gasteiger partial charge in [-0.1, -0.05) is 13.3 Å². The minimum Gasteiger partial charge on any atom is -0.500 e. The van der Waals surface area contributed by atoms with E-state index in [-0.39, 0.29) is 16.9 Å². The third-order valence-electron chi connectivity index (χ3n) is 4.32. The number of urea groups is 1. The van der Waals surface area contributed by atoms with Gasteiger partial charge in [-0.25, -0.2) is 9.59 Å². The number of aromatic hydroxyl groups is 1. The van der Waals surface area contributed by atoms with E-state index in [0.29, 0.717) is 12.1 Å². The Hall–Kier alpha value is -3.30. The van der Waals surface area contributed by atoms with Gasteiger partial charge in [0, 0.05) is 11.8 Å². The van der Waals surface area contributed by atoms with Crippen molar-refractivity contribution in [3.63, 3.8) is 0 Å². The molecule has 1 aromatic carbocycles. The Morgan fingerprint density at radius 1 is 1.38 bits per heavy atom. The first-order chi connectivity index (χ1) is 13.7. The second kappa shape index (κ2) is 9.26. The molecule has 1 heterocycles. The SMILES string of the molecule is CCCCC1=C(C(=O)OC(C)C)C(c2cc(OC)c(O)c([N+](=O)[O-])c2)NC(=O)N1. The first-order valence-electron chi connectivity index (χ1n) is 9.26. The predicted octanol–water partition coefficient (Wildman–Crippen LogP) is 3.06. The van der Waals surface area contributed by atoms with Crippen LogP contribution in [0.5, 0.6) is 11.5 Å². The van der Waals surface area contributed by atoms with Crippen LogP contribution in [-0.2, 0) is 9.53 Å². The number of methoxy groups -OCH3 is 1. The summed E-state index contributed by atoms with van der Waals surface area (Å²) in [6.45, 7) is 5.37. The molecule has 1 aliphatic rings. The molecule has 0 saturated carbocycles. The lowest BCUT2D eigenvalue weighted by atomic mass is 9.92. The number of benzene rings is 1. The average molecular weight is 407 g/mol. The molecule has 29 heavy (non-hydrogen) atoms. The van der Waals surface area contributed by atoms with Gasteiger partial charge in [-0.2, -0.15) is 0 Å². The number of carbonyl (C=O) groups excluding carboxylic acids is 2. The standard InChI is InChI=1S/C19H25N3O7/c1-5-6-7-12-15(18(24)29-10(2)3)16(21-19(25)20-12)11-8-13(22(26)27)17(23)14(9-11)28-4/h8-10,16,23H,5-7H2,1-4H3,(H2,20,21,25). The van der Waals surface area contributed by atoms with Crippen LogP contribution in [0.15, 0.2) is 23.4 Å². The maximum atomic E-state index is 12.8. The van der Waals surface area contributed by atoms with Crippen molar-refractivity contribution < 1.29 is 29.1 Å². The normalized spacial score (nSPS) is 16.3. The summed E-state index contributed by atoms with van der Waals surface area (Å²) in [6.07, 6.45) is 1.59. The van der Waals surface area contributed by atoms with Crippen LogP contribution < -0.4 is 15.4 Å². The number of hydrogen-bond donors (Lipinski definition) is 3. The van der Waals surface area contributed by atoms with E-state index in [1.807, 2.05) is 6.92 Å². The number of unbranched alkanes of at least 4 members (excludes halogenated alkanes) is 1. The molecule has 0 aromatic heterocycles. The fourth-order valence-electron chi connectivity index (χ4n) is 3.01. The van der Waals surface area contributed by atoms with Gasteiger partial charge < -0.3 is 25.2 Å². The number of nitrogens with zero attached hydrogens (tertiary/aromatic N) is 1. The molecule has 2 rings (SSSR count). The van der Waals surface area contributed by atoms with E-state index >= 15 is 0 Å². The average Bonchev–Trinajstić information content (AvgIpc) is 2.65. The first-order valence-corrected chi connectivity index (χ1v) is 9.26. The van der Waals surface area contributed by atoms with Crippen molar-refractivity contribution >= 4 is 17.7 Å². The summed E-state index contributed by atoms with van der Waals surface area (Å²) in [4.78, 5) is 35.6. The predicted molar refractivity (Wildman–Crippen MR) is 104 cm³/mol. The zero-order valence-electron chi connectivity index (χ0n) is 16.8. The van der Waals surface area contributed by atoms with Crippen molar-refractivity contribution in [1.29, 1.82) is 0 Å². The topological polar surface area (TPSA) is 140 Å². The van der Waals surface area contributed by atoms with Gasteiger partial charge in [0.05, 0.1) is 29.8 Å². The van der Waals surface area contributed by atoms with Gasteiger partial charge in [-0.3, -0.25) is 10.1 Å². The Balaban J connectivity index is 2.66. The number of phenolic OH excluding ortho intramolecular Hbond substituents is 1. The highest BCUT2D eigenvalue weighted by Crippen LogP contribution is 2.41. The molecule has 1 unspecified atom stereocenters. The number of nitrogens with one attached hydrogen (secondary N) is 2. The molecule has 0 radical (unpaired) electrons. The molecular formula is C19H25N3O7. The Morgan fingerprint density at radius 3 is 2.62 bits per heavy atom. The first kappa shape index (κ1) is 22.0. The van der Waals surface area contributed by atoms with E-state index in [4.69, 9.17) is 9.47 Å². The summed E-state index contributed by atoms with van der Waals surface area (Å²) in [6, 6.07) is 0.902. The molecular weight excluding hydrogens is 382 g/mol. The molecule has 1 aromatic rings. The van der Waals surface area contributed by atoms with E-state index in [2.05, 4.69) is 10.6 Å². The summed E-state index contributed by atoms with van der Waals surface area (Å²) in [5, 5.41) is 26.6. The van der Waals surface area contributed by atoms with Gasteiger partial charge in [0.15, 0.2) is 5.75 Å². The van der Waals surface area contributed by atoms with Crippen LogP contribution in [0.25, 0.3) is 0 Å². The van der Waals surface area contributed by atoms with E-state index in [1.165, 1.54) is 13.2 Å². The summed E-state index contributed by atoms with van der Waals surface area (Å²) < 4.78 is 10.4. The molecule has 0 aliphatic carbocycles. The summed E-state index contributed by atoms with van der Waals surface area (Å²) in [7, 11) is 1.25. The number of carbonyl (C=O) groups is 2. The lowest BCUT2D eigenvalue weighted by Gasteiger charge is -2.30. The molecule has 10 heteroatoms. The Bertz CT molecular complexity index is 848. The number of allylic oxidation sites excluding steroid dienone is 1. The number of phenols is 1. The molecule has 1 atom stereocenters. The molecule has 158 valence electrons. The van der Waals surface area contributed by atoms with Crippen molar-refractivity contribution in [3.8, 4) is 11.5 Å². The lowest BCUT2D eigenvalue weighted by Crippen LogP contribution is -2.46. The van der Waals surface area contributed by atoms with Crippen molar-refractivity contribution in [1.82, 2.24) is 10.6 Å². The summed E-state index contributed by atoms with van der Waals surface area (Å²) >= 11 is 0. The number of nitro benzene ring substituents is 1. The van der Waals surface area contributed by atoms with Gasteiger partial charge in [0.2, 0.25) is 5.75 Å². The zero-order valence-corrected chi connectivity index (χ0v) is 16.8. The smallest absolute Gasteiger partial charge is 0.338 e. The van der Waals surface area contributed by atoms with Crippen LogP contribution in [0.1, 0.15) is 51.6 Å². The Labute approximate surface area is 168 Å². The summed E-state index contributed by atoms with van der Waals surface area (Å²) in [5.41, 5.74) is 0.180. The van der Waals surface area contributed by atoms with Crippen LogP contribution in [0.4, 0.5) is 10.5 Å². The van der Waals surface area contributed by atoms with Crippen molar-refractivity contribution in [2.75, 3.05) is 7.11 Å². The second-order valence-corrected chi connectivity index (χ2v) is 6.83. The number of rotatable bonds is 8. The summed E-state index contributed by atoms with van der Waals surface area (Å²) in [5.74, 6) is -1.42. The molecule has 0 saturated heterocycles. The maximum Gasteiger partial charge on any atom is 0.338 e. The largest absolute Gasteiger partial charge is 0.500 e. The number of esters is 1. The van der Waals surface area contributed by atoms with Crippen LogP contribution in [0.2, 0.25) is 0 Å². The zero-order chi connectivity index (χ0) is 21.7. The van der Waals surface area contributed by atoms with Gasteiger partial charge >= 0.3 is 17.7 Å². The fourth-order valence-corrected chi connectivity index (χ4v) is 3.01. The Morgan fingerprint density at radius 2 is 2.07 bits per heavy atom. The molecule has 0 bridgehead atoms. The third kappa shape index (κ3) is 4.95. The van der Waals surface area contributed by atoms with Crippen molar-refractivity contribution in [3.05, 3.63) is 39.1 Å². The number of nitro groups is 1. The third-order valence-corrected chi connectivity index (χ3v) is 4.32. The van der Waals surface area contributed by atoms with Crippen LogP contribution in [0.3, 0.4) is 0 Å². The van der Waals surface area contributed by atoms with Crippen LogP contribution in [-0.4, -0.2) is 35.2 Å². The highest BCUT2D eigenvalue weighted by atomic mass is 16.6. The van der Waals surface area contributed by atoms with Crippen LogP contribution >= 0.6 is 0 Å². The van der Waals surface area contributed by atoms with E-state index < -0.39 is 40.5 Å². The number of amides is 2. The Kier molecular flexibility index (Phi) is 7.03. The quantitative estimate of drug-likeness (QED) is 0.342. The van der Waals surface area contributed by atoms with Crippen molar-refractivity contribution in [2.45, 2.75) is 52.2 Å². The minimum absolute atomic E-state index is 0.145. The minimum atomic E-state index is -1.00. The van der Waals surface area contributed by atoms with Gasteiger partial charge in [0.25, 0.3) is 0 Å². The number of hydrogen-bond acceptors (Lipinski definition) is 7. The molecule has 0 spiro atoms. The molecule has 2 amide bonds. The molecule has 0 fully saturated rings. The maximum absolute atomic E-state index is 12.8. The van der Waals surface area contributed by atoms with Gasteiger partial charge in [0.1, 0.15) is 0 Å². The monoisotopic (exact) mass is 407 g/mol. The second-order valence-electron chi connectivity index (χ2n) is 6.83. The van der Waals surface area contributed by atoms with E-state index in [0.717, 1.165) is 18.9 Å². The van der Waals surface area contributed by atoms with E-state index in [1.54, 1.807) is 13.8 Å². The van der Waals surface area contributed by atoms with Gasteiger partial charge in [-0.05, 0) is 38.3 Å². The highest BCUT2D eigenvalue weighted by molar-refractivity contribution is 5.95. The van der Waals surface area contributed by atoms with E-state index in [9.17, 15) is 24.8 Å². The molecule has 1 aliphatic heterocycles. The van der Waals surface area contributed by atoms with Crippen molar-refractivity contribution in [2.24, 2.45) is 0 Å². The lowest BCUT2D eigenvalue weighted by molar-refractivity contribution is -0.386. The number of ether oxygens (including phenoxy) is 2. The highest BCUT2D eigenvalue weighted by Gasteiger charge is 2.35. The van der Waals surface area contributed by atoms with Gasteiger partial charge in [-0.15, -0.1) is 0 Å². The molecule has 10 nitrogen and oxygen atoms in total. The molecule has 3 N–H and O–H groups in total. The van der Waals surface area contributed by atoms with Crippen LogP contribution in [0, 0.1) is 10.1 Å².